The monoisotopic (exact) mass is 269 g/mol. The van der Waals surface area contributed by atoms with Crippen LogP contribution in [0.5, 0.6) is 0 Å². The summed E-state index contributed by atoms with van der Waals surface area (Å²) >= 11 is 0. The molecule has 0 fully saturated rings. The molecule has 0 aromatic heterocycles. The summed E-state index contributed by atoms with van der Waals surface area (Å²) in [5, 5.41) is 11.7. The molecule has 0 saturated carbocycles. The van der Waals surface area contributed by atoms with Gasteiger partial charge in [0.2, 0.25) is 5.91 Å². The van der Waals surface area contributed by atoms with Crippen molar-refractivity contribution in [2.45, 2.75) is 27.3 Å². The molecule has 0 aliphatic carbocycles. The summed E-state index contributed by atoms with van der Waals surface area (Å²) in [6.07, 6.45) is 0. The molecule has 0 aliphatic heterocycles. The van der Waals surface area contributed by atoms with Gasteiger partial charge in [-0.3, -0.25) is 4.79 Å². The molecule has 1 amide bonds. The Morgan fingerprint density at radius 1 is 1.37 bits per heavy atom. The van der Waals surface area contributed by atoms with Gasteiger partial charge in [0.25, 0.3) is 0 Å². The Morgan fingerprint density at radius 2 is 1.95 bits per heavy atom. The maximum absolute atomic E-state index is 13.9. The summed E-state index contributed by atoms with van der Waals surface area (Å²) in [7, 11) is 0. The molecule has 5 heteroatoms. The second-order valence-electron chi connectivity index (χ2n) is 5.27. The summed E-state index contributed by atoms with van der Waals surface area (Å²) in [4.78, 5) is 11.7. The first-order chi connectivity index (χ1) is 8.64. The van der Waals surface area contributed by atoms with E-state index in [2.05, 4.69) is 11.9 Å². The fourth-order valence-electron chi connectivity index (χ4n) is 1.44. The molecule has 1 rings (SSSR count). The van der Waals surface area contributed by atoms with Gasteiger partial charge in [-0.15, -0.1) is 0 Å². The maximum atomic E-state index is 13.9. The number of halogens is 2. The maximum Gasteiger partial charge on any atom is 0.225 e. The number of nitrogens with one attached hydrogen (secondary N) is 1. The molecule has 0 radical (unpaired) electrons. The Balaban J connectivity index is 2.95. The van der Waals surface area contributed by atoms with Gasteiger partial charge < -0.3 is 10.4 Å². The third-order valence-corrected chi connectivity index (χ3v) is 2.58. The van der Waals surface area contributed by atoms with Gasteiger partial charge in [0.1, 0.15) is 17.4 Å². The van der Waals surface area contributed by atoms with Crippen molar-refractivity contribution in [3.63, 3.8) is 0 Å². The molecule has 0 spiro atoms. The van der Waals surface area contributed by atoms with Gasteiger partial charge in [0, 0.05) is 17.5 Å². The summed E-state index contributed by atoms with van der Waals surface area (Å²) in [6, 6.07) is 2.25. The molecule has 0 atom stereocenters. The Bertz CT molecular complexity index is 519. The van der Waals surface area contributed by atoms with Crippen LogP contribution in [-0.4, -0.2) is 11.0 Å². The Hall–Kier alpha value is -1.91. The van der Waals surface area contributed by atoms with Crippen molar-refractivity contribution in [1.29, 1.82) is 0 Å². The highest BCUT2D eigenvalue weighted by molar-refractivity contribution is 5.81. The van der Waals surface area contributed by atoms with Gasteiger partial charge in [-0.05, 0) is 6.07 Å². The summed E-state index contributed by atoms with van der Waals surface area (Å²) in [6.45, 7) is 8.21. The van der Waals surface area contributed by atoms with Crippen LogP contribution < -0.4 is 5.32 Å². The lowest BCUT2D eigenvalue weighted by Gasteiger charge is -2.18. The van der Waals surface area contributed by atoms with Crippen LogP contribution in [0.15, 0.2) is 18.7 Å². The minimum absolute atomic E-state index is 0.0809. The Morgan fingerprint density at radius 3 is 2.42 bits per heavy atom. The first-order valence-electron chi connectivity index (χ1n) is 5.78. The summed E-state index contributed by atoms with van der Waals surface area (Å²) in [5.74, 6) is -2.74. The van der Waals surface area contributed by atoms with Crippen LogP contribution in [0.2, 0.25) is 0 Å². The number of aliphatic hydroxyl groups is 1. The minimum Gasteiger partial charge on any atom is -0.508 e. The van der Waals surface area contributed by atoms with Crippen molar-refractivity contribution in [1.82, 2.24) is 5.32 Å². The van der Waals surface area contributed by atoms with E-state index in [0.717, 1.165) is 6.07 Å². The molecular formula is C14H17F2NO2. The quantitative estimate of drug-likeness (QED) is 0.828. The Kier molecular flexibility index (Phi) is 4.29. The first-order valence-corrected chi connectivity index (χ1v) is 5.78. The largest absolute Gasteiger partial charge is 0.508 e. The number of amides is 1. The number of hydrogen-bond acceptors (Lipinski definition) is 2. The first kappa shape index (κ1) is 15.1. The van der Waals surface area contributed by atoms with E-state index in [4.69, 9.17) is 5.11 Å². The SMILES string of the molecule is C=C(O)c1c(F)ccc(CNC(=O)C(C)(C)C)c1F. The van der Waals surface area contributed by atoms with Crippen molar-refractivity contribution in [3.8, 4) is 0 Å². The van der Waals surface area contributed by atoms with E-state index in [1.807, 2.05) is 0 Å². The zero-order valence-corrected chi connectivity index (χ0v) is 11.2. The predicted octanol–water partition coefficient (Wildman–Crippen LogP) is 3.16. The third-order valence-electron chi connectivity index (χ3n) is 2.58. The van der Waals surface area contributed by atoms with Crippen LogP contribution in [-0.2, 0) is 11.3 Å². The molecule has 1 aromatic carbocycles. The second-order valence-corrected chi connectivity index (χ2v) is 5.27. The van der Waals surface area contributed by atoms with Gasteiger partial charge >= 0.3 is 0 Å². The predicted molar refractivity (Wildman–Crippen MR) is 69.3 cm³/mol. The van der Waals surface area contributed by atoms with E-state index >= 15 is 0 Å². The molecule has 2 N–H and O–H groups in total. The number of carbonyl (C=O) groups excluding carboxylic acids is 1. The minimum atomic E-state index is -0.915. The lowest BCUT2D eigenvalue weighted by atomic mass is 9.95. The number of carbonyl (C=O) groups is 1. The van der Waals surface area contributed by atoms with E-state index in [9.17, 15) is 13.6 Å². The van der Waals surface area contributed by atoms with Gasteiger partial charge in [0.15, 0.2) is 0 Å². The molecule has 0 saturated heterocycles. The van der Waals surface area contributed by atoms with Crippen molar-refractivity contribution < 1.29 is 18.7 Å². The zero-order chi connectivity index (χ0) is 14.8. The lowest BCUT2D eigenvalue weighted by Crippen LogP contribution is -2.34. The highest BCUT2D eigenvalue weighted by atomic mass is 19.1. The number of aliphatic hydroxyl groups excluding tert-OH is 1. The molecule has 19 heavy (non-hydrogen) atoms. The number of benzene rings is 1. The topological polar surface area (TPSA) is 49.3 Å². The van der Waals surface area contributed by atoms with Crippen LogP contribution >= 0.6 is 0 Å². The molecule has 0 bridgehead atoms. The normalized spacial score (nSPS) is 11.2. The van der Waals surface area contributed by atoms with Gasteiger partial charge in [0.05, 0.1) is 5.56 Å². The van der Waals surface area contributed by atoms with Gasteiger partial charge in [-0.1, -0.05) is 33.4 Å². The number of rotatable bonds is 3. The highest BCUT2D eigenvalue weighted by Crippen LogP contribution is 2.22. The highest BCUT2D eigenvalue weighted by Gasteiger charge is 2.22. The Labute approximate surface area is 110 Å². The van der Waals surface area contributed by atoms with E-state index in [1.165, 1.54) is 6.07 Å². The van der Waals surface area contributed by atoms with Crippen molar-refractivity contribution in [2.24, 2.45) is 5.41 Å². The summed E-state index contributed by atoms with van der Waals surface area (Å²) < 4.78 is 27.2. The average Bonchev–Trinajstić information content (AvgIpc) is 2.25. The lowest BCUT2D eigenvalue weighted by molar-refractivity contribution is -0.128. The molecule has 3 nitrogen and oxygen atoms in total. The van der Waals surface area contributed by atoms with Gasteiger partial charge in [-0.25, -0.2) is 8.78 Å². The van der Waals surface area contributed by atoms with E-state index in [0.29, 0.717) is 0 Å². The van der Waals surface area contributed by atoms with E-state index in [-0.39, 0.29) is 18.0 Å². The molecule has 0 heterocycles. The average molecular weight is 269 g/mol. The van der Waals surface area contributed by atoms with Crippen molar-refractivity contribution >= 4 is 11.7 Å². The van der Waals surface area contributed by atoms with Crippen molar-refractivity contribution in [3.05, 3.63) is 41.5 Å². The fourth-order valence-corrected chi connectivity index (χ4v) is 1.44. The van der Waals surface area contributed by atoms with Crippen molar-refractivity contribution in [2.75, 3.05) is 0 Å². The van der Waals surface area contributed by atoms with Crippen LogP contribution in [0.3, 0.4) is 0 Å². The molecule has 104 valence electrons. The molecule has 1 aromatic rings. The van der Waals surface area contributed by atoms with Crippen LogP contribution in [0, 0.1) is 17.0 Å². The van der Waals surface area contributed by atoms with E-state index in [1.54, 1.807) is 20.8 Å². The number of hydrogen-bond donors (Lipinski definition) is 2. The third kappa shape index (κ3) is 3.53. The van der Waals surface area contributed by atoms with Crippen LogP contribution in [0.4, 0.5) is 8.78 Å². The van der Waals surface area contributed by atoms with Crippen LogP contribution in [0.1, 0.15) is 31.9 Å². The second kappa shape index (κ2) is 5.38. The molecular weight excluding hydrogens is 252 g/mol. The van der Waals surface area contributed by atoms with E-state index < -0.39 is 28.4 Å². The van der Waals surface area contributed by atoms with Gasteiger partial charge in [-0.2, -0.15) is 0 Å². The smallest absolute Gasteiger partial charge is 0.225 e. The standard InChI is InChI=1S/C14H17F2NO2/c1-8(18)11-10(15)6-5-9(12(11)16)7-17-13(19)14(2,3)4/h5-6,18H,1,7H2,2-4H3,(H,17,19). The van der Waals surface area contributed by atoms with Crippen LogP contribution in [0.25, 0.3) is 5.76 Å². The fraction of sp³-hybridized carbons (Fsp3) is 0.357. The summed E-state index contributed by atoms with van der Waals surface area (Å²) in [5.41, 5.74) is -1.08. The molecule has 0 unspecified atom stereocenters. The molecule has 0 aliphatic rings. The zero-order valence-electron chi connectivity index (χ0n) is 11.2.